The maximum absolute atomic E-state index is 11.6. The Bertz CT molecular complexity index is 1030. The number of nitrogens with zero attached hydrogens (tertiary/aromatic N) is 5. The first-order valence-corrected chi connectivity index (χ1v) is 12.9. The SMILES string of the molecule is CCOc1nc(NC(C)=O)nc2c1ncn2[C@@H]1O[C@H](CO[Si](C(C)C)C(C)C)C[C@@]1(C)C#N. The molecule has 10 nitrogen and oxygen atoms in total. The molecule has 3 rings (SSSR count). The number of aromatic nitrogens is 4. The lowest BCUT2D eigenvalue weighted by molar-refractivity contribution is -0.114. The summed E-state index contributed by atoms with van der Waals surface area (Å²) in [5.74, 6) is 0.0764. The maximum Gasteiger partial charge on any atom is 0.247 e. The van der Waals surface area contributed by atoms with Crippen LogP contribution in [0.5, 0.6) is 5.88 Å². The fraction of sp³-hybridized carbons (Fsp3) is 0.682. The van der Waals surface area contributed by atoms with Crippen molar-refractivity contribution < 1.29 is 18.7 Å². The molecule has 0 spiro atoms. The number of carbonyl (C=O) groups excluding carboxylic acids is 1. The Kier molecular flexibility index (Phi) is 7.72. The number of anilines is 1. The highest BCUT2D eigenvalue weighted by Gasteiger charge is 2.48. The first kappa shape index (κ1) is 25.1. The van der Waals surface area contributed by atoms with Crippen molar-refractivity contribution in [2.24, 2.45) is 5.41 Å². The molecule has 0 aliphatic carbocycles. The van der Waals surface area contributed by atoms with Crippen LogP contribution in [0.4, 0.5) is 5.95 Å². The Morgan fingerprint density at radius 3 is 2.67 bits per heavy atom. The topological polar surface area (TPSA) is 124 Å². The number of ether oxygens (including phenoxy) is 2. The lowest BCUT2D eigenvalue weighted by Gasteiger charge is -2.24. The van der Waals surface area contributed by atoms with Gasteiger partial charge < -0.3 is 13.9 Å². The van der Waals surface area contributed by atoms with E-state index in [1.807, 2.05) is 13.8 Å². The third-order valence-electron chi connectivity index (χ3n) is 5.56. The second-order valence-corrected chi connectivity index (χ2v) is 12.6. The van der Waals surface area contributed by atoms with Crippen molar-refractivity contribution in [3.8, 4) is 11.9 Å². The molecule has 1 saturated heterocycles. The van der Waals surface area contributed by atoms with Gasteiger partial charge in [0.05, 0.1) is 31.7 Å². The molecule has 0 unspecified atom stereocenters. The molecule has 1 aliphatic heterocycles. The van der Waals surface area contributed by atoms with Gasteiger partial charge in [-0.1, -0.05) is 27.7 Å². The summed E-state index contributed by atoms with van der Waals surface area (Å²) in [6, 6.07) is 2.43. The standard InChI is InChI=1S/C22H33N6O4Si/c1-8-30-19-17-18(26-21(27-19)25-15(6)29)28(12-24-17)20-22(7,11-23)9-16(32-20)10-31-33(13(2)3)14(4)5/h12-14,16,20H,8-10H2,1-7H3,(H,25,26,27,29)/t16-,20+,22-/m0/s1. The molecular formula is C22H33N6O4Si. The van der Waals surface area contributed by atoms with Crippen molar-refractivity contribution in [3.63, 3.8) is 0 Å². The summed E-state index contributed by atoms with van der Waals surface area (Å²) in [5.41, 5.74) is 1.02. The second kappa shape index (κ2) is 10.2. The van der Waals surface area contributed by atoms with Crippen molar-refractivity contribution in [2.75, 3.05) is 18.5 Å². The Hall–Kier alpha value is -2.55. The third-order valence-corrected chi connectivity index (χ3v) is 8.33. The average Bonchev–Trinajstić information content (AvgIpc) is 3.28. The summed E-state index contributed by atoms with van der Waals surface area (Å²) in [7, 11) is -1.00. The van der Waals surface area contributed by atoms with E-state index in [-0.39, 0.29) is 23.8 Å². The van der Waals surface area contributed by atoms with Crippen LogP contribution in [0.3, 0.4) is 0 Å². The normalized spacial score (nSPS) is 22.9. The van der Waals surface area contributed by atoms with Crippen molar-refractivity contribution in [1.82, 2.24) is 19.5 Å². The van der Waals surface area contributed by atoms with Gasteiger partial charge >= 0.3 is 0 Å². The molecule has 0 bridgehead atoms. The molecule has 3 heterocycles. The highest BCUT2D eigenvalue weighted by Crippen LogP contribution is 2.46. The minimum atomic E-state index is -1.00. The van der Waals surface area contributed by atoms with Gasteiger partial charge in [-0.05, 0) is 31.4 Å². The zero-order chi connectivity index (χ0) is 24.3. The van der Waals surface area contributed by atoms with Crippen molar-refractivity contribution in [1.29, 1.82) is 5.26 Å². The summed E-state index contributed by atoms with van der Waals surface area (Å²) in [6.07, 6.45) is 1.27. The van der Waals surface area contributed by atoms with Crippen LogP contribution in [-0.4, -0.2) is 53.8 Å². The van der Waals surface area contributed by atoms with E-state index in [0.717, 1.165) is 0 Å². The summed E-state index contributed by atoms with van der Waals surface area (Å²) in [6.45, 7) is 14.7. The number of nitrogens with one attached hydrogen (secondary N) is 1. The average molecular weight is 474 g/mol. The minimum absolute atomic E-state index is 0.109. The van der Waals surface area contributed by atoms with Gasteiger partial charge in [0.2, 0.25) is 26.8 Å². The van der Waals surface area contributed by atoms with Gasteiger partial charge in [0, 0.05) is 6.92 Å². The summed E-state index contributed by atoms with van der Waals surface area (Å²) in [5, 5.41) is 12.6. The lowest BCUT2D eigenvalue weighted by atomic mass is 9.87. The smallest absolute Gasteiger partial charge is 0.247 e. The highest BCUT2D eigenvalue weighted by atomic mass is 28.3. The van der Waals surface area contributed by atoms with Crippen molar-refractivity contribution >= 4 is 32.1 Å². The van der Waals surface area contributed by atoms with Crippen LogP contribution in [-0.2, 0) is 14.0 Å². The number of fused-ring (bicyclic) bond motifs is 1. The van der Waals surface area contributed by atoms with Crippen molar-refractivity contribution in [2.45, 2.75) is 78.3 Å². The Morgan fingerprint density at radius 1 is 1.39 bits per heavy atom. The molecule has 2 aromatic heterocycles. The summed E-state index contributed by atoms with van der Waals surface area (Å²) < 4.78 is 20.0. The Morgan fingerprint density at radius 2 is 2.09 bits per heavy atom. The van der Waals surface area contributed by atoms with Crippen LogP contribution in [0.1, 0.15) is 61.1 Å². The van der Waals surface area contributed by atoms with Gasteiger partial charge in [-0.15, -0.1) is 0 Å². The van der Waals surface area contributed by atoms with E-state index in [9.17, 15) is 10.1 Å². The fourth-order valence-electron chi connectivity index (χ4n) is 4.23. The number of rotatable bonds is 9. The van der Waals surface area contributed by atoms with Crippen molar-refractivity contribution in [3.05, 3.63) is 6.33 Å². The second-order valence-electron chi connectivity index (χ2n) is 9.16. The van der Waals surface area contributed by atoms with Gasteiger partial charge in [-0.3, -0.25) is 14.7 Å². The number of nitriles is 1. The van der Waals surface area contributed by atoms with E-state index in [1.54, 1.807) is 10.9 Å². The number of amides is 1. The van der Waals surface area contributed by atoms with Gasteiger partial charge in [-0.25, -0.2) is 4.98 Å². The number of hydrogen-bond acceptors (Lipinski definition) is 8. The van der Waals surface area contributed by atoms with Crippen LogP contribution >= 0.6 is 0 Å². The number of imidazole rings is 1. The molecule has 2 aromatic rings. The molecule has 179 valence electrons. The molecule has 1 aliphatic rings. The first-order chi connectivity index (χ1) is 15.6. The highest BCUT2D eigenvalue weighted by molar-refractivity contribution is 6.54. The molecule has 0 aromatic carbocycles. The summed E-state index contributed by atoms with van der Waals surface area (Å²) in [4.78, 5) is 24.7. The van der Waals surface area contributed by atoms with E-state index >= 15 is 0 Å². The number of hydrogen-bond donors (Lipinski definition) is 1. The molecule has 1 N–H and O–H groups in total. The molecule has 11 heteroatoms. The zero-order valence-corrected chi connectivity index (χ0v) is 21.4. The molecule has 1 fully saturated rings. The zero-order valence-electron chi connectivity index (χ0n) is 20.4. The van der Waals surface area contributed by atoms with Gasteiger partial charge in [0.1, 0.15) is 5.41 Å². The van der Waals surface area contributed by atoms with Gasteiger partial charge in [0.25, 0.3) is 0 Å². The van der Waals surface area contributed by atoms with E-state index in [4.69, 9.17) is 13.9 Å². The molecule has 1 radical (unpaired) electrons. The van der Waals surface area contributed by atoms with Gasteiger partial charge in [-0.2, -0.15) is 15.2 Å². The molecule has 1 amide bonds. The van der Waals surface area contributed by atoms with Crippen LogP contribution < -0.4 is 10.1 Å². The summed E-state index contributed by atoms with van der Waals surface area (Å²) >= 11 is 0. The molecule has 33 heavy (non-hydrogen) atoms. The predicted molar refractivity (Wildman–Crippen MR) is 125 cm³/mol. The minimum Gasteiger partial charge on any atom is -0.476 e. The maximum atomic E-state index is 11.6. The Balaban J connectivity index is 1.93. The molecular weight excluding hydrogens is 440 g/mol. The van der Waals surface area contributed by atoms with Gasteiger partial charge in [0.15, 0.2) is 17.4 Å². The van der Waals surface area contributed by atoms with E-state index < -0.39 is 20.7 Å². The predicted octanol–water partition coefficient (Wildman–Crippen LogP) is 3.83. The molecule has 0 saturated carbocycles. The van der Waals surface area contributed by atoms with Crippen LogP contribution in [0, 0.1) is 16.7 Å². The number of carbonyl (C=O) groups is 1. The van der Waals surface area contributed by atoms with Crippen LogP contribution in [0.15, 0.2) is 6.33 Å². The third kappa shape index (κ3) is 5.34. The van der Waals surface area contributed by atoms with E-state index in [2.05, 4.69) is 54.0 Å². The van der Waals surface area contributed by atoms with E-state index in [0.29, 0.717) is 41.9 Å². The lowest BCUT2D eigenvalue weighted by Crippen LogP contribution is -2.30. The van der Waals surface area contributed by atoms with Crippen LogP contribution in [0.2, 0.25) is 11.1 Å². The first-order valence-electron chi connectivity index (χ1n) is 11.3. The monoisotopic (exact) mass is 473 g/mol. The largest absolute Gasteiger partial charge is 0.476 e. The fourth-order valence-corrected chi connectivity index (χ4v) is 6.61. The van der Waals surface area contributed by atoms with E-state index in [1.165, 1.54) is 6.92 Å². The molecule has 3 atom stereocenters. The Labute approximate surface area is 196 Å². The quantitative estimate of drug-likeness (QED) is 0.545. The van der Waals surface area contributed by atoms with Crippen LogP contribution in [0.25, 0.3) is 11.2 Å².